The minimum Gasteiger partial charge on any atom is -0.348 e. The smallest absolute Gasteiger partial charge is 0.294 e. The van der Waals surface area contributed by atoms with Gasteiger partial charge in [-0.2, -0.15) is 0 Å². The molecule has 6 nitrogen and oxygen atoms in total. The van der Waals surface area contributed by atoms with Crippen LogP contribution in [0.3, 0.4) is 0 Å². The molecule has 2 heterocycles. The van der Waals surface area contributed by atoms with Gasteiger partial charge >= 0.3 is 0 Å². The highest BCUT2D eigenvalue weighted by Crippen LogP contribution is 2.45. The number of nitro groups is 1. The Morgan fingerprint density at radius 2 is 1.93 bits per heavy atom. The number of hydrogen-bond donors (Lipinski definition) is 1. The van der Waals surface area contributed by atoms with Crippen LogP contribution in [-0.4, -0.2) is 22.4 Å². The van der Waals surface area contributed by atoms with Gasteiger partial charge < -0.3 is 5.32 Å². The Kier molecular flexibility index (Phi) is 7.07. The maximum absolute atomic E-state index is 14.2. The summed E-state index contributed by atoms with van der Waals surface area (Å²) in [6.45, 7) is -0.251. The molecule has 0 aliphatic carbocycles. The first-order chi connectivity index (χ1) is 13.9. The lowest BCUT2D eigenvalue weighted by molar-refractivity contribution is -0.387. The first-order valence-corrected chi connectivity index (χ1v) is 10.5. The zero-order chi connectivity index (χ0) is 21.0. The third-order valence-corrected chi connectivity index (χ3v) is 6.96. The minimum atomic E-state index is -1.39. The van der Waals surface area contributed by atoms with E-state index in [1.807, 2.05) is 0 Å². The number of carbonyl (C=O) groups excluding carboxylic acids is 1. The topological polar surface area (TPSA) is 85.1 Å². The molecule has 1 amide bonds. The van der Waals surface area contributed by atoms with Crippen LogP contribution in [0.25, 0.3) is 0 Å². The summed E-state index contributed by atoms with van der Waals surface area (Å²) in [7, 11) is 0. The number of aromatic nitrogens is 1. The van der Waals surface area contributed by atoms with Gasteiger partial charge in [0.1, 0.15) is 15.3 Å². The predicted molar refractivity (Wildman–Crippen MR) is 112 cm³/mol. The van der Waals surface area contributed by atoms with E-state index in [0.29, 0.717) is 10.5 Å². The largest absolute Gasteiger partial charge is 0.348 e. The van der Waals surface area contributed by atoms with E-state index in [4.69, 9.17) is 23.2 Å². The van der Waals surface area contributed by atoms with Crippen LogP contribution in [0.15, 0.2) is 57.9 Å². The molecule has 29 heavy (non-hydrogen) atoms. The molecule has 3 rings (SSSR count). The lowest BCUT2D eigenvalue weighted by Gasteiger charge is -2.09. The molecular weight excluding hydrogens is 460 g/mol. The van der Waals surface area contributed by atoms with Crippen molar-refractivity contribution < 1.29 is 14.1 Å². The van der Waals surface area contributed by atoms with Gasteiger partial charge in [-0.3, -0.25) is 19.9 Å². The number of halogens is 3. The van der Waals surface area contributed by atoms with Crippen LogP contribution in [0, 0.1) is 10.1 Å². The molecule has 1 aromatic carbocycles. The monoisotopic (exact) mass is 471 g/mol. The summed E-state index contributed by atoms with van der Waals surface area (Å²) in [4.78, 5) is 27.5. The molecule has 0 aliphatic heterocycles. The van der Waals surface area contributed by atoms with Crippen LogP contribution in [0.1, 0.15) is 21.4 Å². The number of benzene rings is 1. The lowest BCUT2D eigenvalue weighted by Crippen LogP contribution is -2.26. The van der Waals surface area contributed by atoms with E-state index in [2.05, 4.69) is 10.3 Å². The second-order valence-corrected chi connectivity index (χ2v) is 8.81. The van der Waals surface area contributed by atoms with E-state index in [1.165, 1.54) is 12.4 Å². The molecular formula is C18H12Cl2FN3O3S2. The fraction of sp³-hybridized carbons (Fsp3) is 0.111. The first kappa shape index (κ1) is 21.5. The highest BCUT2D eigenvalue weighted by Gasteiger charge is 2.25. The third kappa shape index (κ3) is 5.24. The Hall–Kier alpha value is -2.20. The highest BCUT2D eigenvalue weighted by molar-refractivity contribution is 8.01. The number of hydrogen-bond acceptors (Lipinski definition) is 6. The number of carbonyl (C=O) groups is 1. The summed E-state index contributed by atoms with van der Waals surface area (Å²) in [5.74, 6) is -0.601. The van der Waals surface area contributed by atoms with Gasteiger partial charge in [-0.15, -0.1) is 11.3 Å². The maximum Gasteiger partial charge on any atom is 0.294 e. The molecule has 0 fully saturated rings. The van der Waals surface area contributed by atoms with E-state index >= 15 is 0 Å². The Bertz CT molecular complexity index is 1030. The number of nitrogens with one attached hydrogen (secondary N) is 1. The molecule has 3 aromatic rings. The minimum absolute atomic E-state index is 0.0840. The number of thiophene rings is 1. The predicted octanol–water partition coefficient (Wildman–Crippen LogP) is 5.95. The normalized spacial score (nSPS) is 11.8. The van der Waals surface area contributed by atoms with Crippen molar-refractivity contribution >= 4 is 57.9 Å². The second kappa shape index (κ2) is 9.53. The average Bonchev–Trinajstić information content (AvgIpc) is 3.14. The van der Waals surface area contributed by atoms with Crippen molar-refractivity contribution in [3.63, 3.8) is 0 Å². The molecule has 0 aliphatic rings. The van der Waals surface area contributed by atoms with E-state index < -0.39 is 17.0 Å². The van der Waals surface area contributed by atoms with Crippen molar-refractivity contribution in [1.29, 1.82) is 0 Å². The van der Waals surface area contributed by atoms with Gasteiger partial charge in [0.05, 0.1) is 26.4 Å². The van der Waals surface area contributed by atoms with Crippen molar-refractivity contribution in [3.05, 3.63) is 79.4 Å². The molecule has 0 radical (unpaired) electrons. The Labute approximate surface area is 183 Å². The Balaban J connectivity index is 1.77. The number of rotatable bonds is 7. The first-order valence-electron chi connectivity index (χ1n) is 8.09. The molecule has 0 spiro atoms. The lowest BCUT2D eigenvalue weighted by atomic mass is 10.1. The number of amides is 1. The van der Waals surface area contributed by atoms with Gasteiger partial charge in [0.25, 0.3) is 11.6 Å². The highest BCUT2D eigenvalue weighted by atomic mass is 35.5. The second-order valence-electron chi connectivity index (χ2n) is 5.66. The summed E-state index contributed by atoms with van der Waals surface area (Å²) in [6.07, 6.45) is 1.35. The molecule has 0 saturated carbocycles. The summed E-state index contributed by atoms with van der Waals surface area (Å²) in [5.41, 5.74) is 0.178. The van der Waals surface area contributed by atoms with E-state index in [9.17, 15) is 19.3 Å². The zero-order valence-corrected chi connectivity index (χ0v) is 17.6. The van der Waals surface area contributed by atoms with Crippen molar-refractivity contribution in [3.8, 4) is 0 Å². The fourth-order valence-electron chi connectivity index (χ4n) is 2.32. The van der Waals surface area contributed by atoms with Gasteiger partial charge in [-0.1, -0.05) is 65.3 Å². The molecule has 2 aromatic heterocycles. The SMILES string of the molecule is O=C(NCC(F)c1ccccc1)c1cc([N+](=O)[O-])c(Sc2c(Cl)cncc2Cl)s1. The Morgan fingerprint density at radius 3 is 2.55 bits per heavy atom. The van der Waals surface area contributed by atoms with Crippen LogP contribution in [0.5, 0.6) is 0 Å². The fourth-order valence-corrected chi connectivity index (χ4v) is 5.09. The van der Waals surface area contributed by atoms with Crippen LogP contribution in [0.4, 0.5) is 10.1 Å². The van der Waals surface area contributed by atoms with E-state index in [1.54, 1.807) is 30.3 Å². The number of nitrogens with zero attached hydrogens (tertiary/aromatic N) is 2. The average molecular weight is 472 g/mol. The van der Waals surface area contributed by atoms with E-state index in [0.717, 1.165) is 29.2 Å². The summed E-state index contributed by atoms with van der Waals surface area (Å²) >= 11 is 14.0. The van der Waals surface area contributed by atoms with Gasteiger partial charge in [0.15, 0.2) is 0 Å². The molecule has 1 atom stereocenters. The third-order valence-electron chi connectivity index (χ3n) is 3.71. The number of alkyl halides is 1. The molecule has 11 heteroatoms. The summed E-state index contributed by atoms with van der Waals surface area (Å²) in [5, 5.41) is 14.3. The van der Waals surface area contributed by atoms with Gasteiger partial charge in [-0.25, -0.2) is 4.39 Å². The van der Waals surface area contributed by atoms with E-state index in [-0.39, 0.29) is 31.4 Å². The molecule has 1 N–H and O–H groups in total. The van der Waals surface area contributed by atoms with Crippen molar-refractivity contribution in [2.45, 2.75) is 15.3 Å². The summed E-state index contributed by atoms with van der Waals surface area (Å²) < 4.78 is 14.5. The van der Waals surface area contributed by atoms with Crippen molar-refractivity contribution in [2.75, 3.05) is 6.54 Å². The van der Waals surface area contributed by atoms with Gasteiger partial charge in [0, 0.05) is 18.5 Å². The van der Waals surface area contributed by atoms with Crippen LogP contribution in [-0.2, 0) is 0 Å². The number of pyridine rings is 1. The maximum atomic E-state index is 14.2. The molecule has 150 valence electrons. The van der Waals surface area contributed by atoms with Crippen molar-refractivity contribution in [2.24, 2.45) is 0 Å². The van der Waals surface area contributed by atoms with Crippen LogP contribution >= 0.6 is 46.3 Å². The summed E-state index contributed by atoms with van der Waals surface area (Å²) in [6, 6.07) is 9.55. The van der Waals surface area contributed by atoms with Gasteiger partial charge in [-0.05, 0) is 5.56 Å². The van der Waals surface area contributed by atoms with Crippen LogP contribution < -0.4 is 5.32 Å². The van der Waals surface area contributed by atoms with Crippen molar-refractivity contribution in [1.82, 2.24) is 10.3 Å². The quantitative estimate of drug-likeness (QED) is 0.339. The van der Waals surface area contributed by atoms with Crippen LogP contribution in [0.2, 0.25) is 10.0 Å². The zero-order valence-electron chi connectivity index (χ0n) is 14.5. The standard InChI is InChI=1S/C18H12Cl2FN3O3S2/c19-11-7-22-8-12(20)16(11)29-18-14(24(26)27)6-15(28-18)17(25)23-9-13(21)10-4-2-1-3-5-10/h1-8,13H,9H2,(H,23,25). The molecule has 0 saturated heterocycles. The molecule has 0 bridgehead atoms. The molecule has 1 unspecified atom stereocenters. The van der Waals surface area contributed by atoms with Gasteiger partial charge in [0.2, 0.25) is 0 Å². The Morgan fingerprint density at radius 1 is 1.28 bits per heavy atom.